The van der Waals surface area contributed by atoms with Gasteiger partial charge >= 0.3 is 0 Å². The third kappa shape index (κ3) is 3.69. The standard InChI is InChI=1S/C14H14N6OS2/c1-9-3-2-4-10(7-9)12-17-19-14(22)20(12)6-5-11(21)16-13-18-15-8-23-13/h2-4,7-8H,5-6H2,1H3,(H,19,22)(H,16,18,21). The van der Waals surface area contributed by atoms with Crippen molar-refractivity contribution in [2.75, 3.05) is 5.32 Å². The molecular formula is C14H14N6OS2. The van der Waals surface area contributed by atoms with Gasteiger partial charge in [-0.2, -0.15) is 5.10 Å². The highest BCUT2D eigenvalue weighted by molar-refractivity contribution is 7.71. The average molecular weight is 346 g/mol. The van der Waals surface area contributed by atoms with Gasteiger partial charge in [0.2, 0.25) is 11.0 Å². The SMILES string of the molecule is Cc1cccc(-c2n[nH]c(=S)n2CCC(=O)Nc2nncs2)c1. The predicted molar refractivity (Wildman–Crippen MR) is 90.7 cm³/mol. The van der Waals surface area contributed by atoms with Gasteiger partial charge < -0.3 is 5.32 Å². The van der Waals surface area contributed by atoms with E-state index >= 15 is 0 Å². The molecule has 0 radical (unpaired) electrons. The van der Waals surface area contributed by atoms with Gasteiger partial charge in [-0.05, 0) is 25.2 Å². The van der Waals surface area contributed by atoms with Crippen molar-refractivity contribution in [1.82, 2.24) is 25.0 Å². The summed E-state index contributed by atoms with van der Waals surface area (Å²) < 4.78 is 2.31. The van der Waals surface area contributed by atoms with E-state index in [1.165, 1.54) is 11.3 Å². The number of nitrogens with one attached hydrogen (secondary N) is 2. The van der Waals surface area contributed by atoms with Gasteiger partial charge in [0.05, 0.1) is 0 Å². The summed E-state index contributed by atoms with van der Waals surface area (Å²) in [5.74, 6) is 0.586. The van der Waals surface area contributed by atoms with E-state index in [9.17, 15) is 4.79 Å². The zero-order valence-electron chi connectivity index (χ0n) is 12.3. The molecule has 0 bridgehead atoms. The summed E-state index contributed by atoms with van der Waals surface area (Å²) >= 11 is 6.55. The topological polar surface area (TPSA) is 88.5 Å². The largest absolute Gasteiger partial charge is 0.300 e. The second kappa shape index (κ2) is 6.80. The Morgan fingerprint density at radius 2 is 2.35 bits per heavy atom. The summed E-state index contributed by atoms with van der Waals surface area (Å²) in [6, 6.07) is 7.98. The third-order valence-electron chi connectivity index (χ3n) is 3.20. The van der Waals surface area contributed by atoms with E-state index in [4.69, 9.17) is 12.2 Å². The minimum absolute atomic E-state index is 0.139. The molecule has 2 heterocycles. The number of aromatic amines is 1. The quantitative estimate of drug-likeness (QED) is 0.694. The molecule has 0 aliphatic heterocycles. The Hall–Kier alpha value is -2.39. The lowest BCUT2D eigenvalue weighted by atomic mass is 10.1. The molecule has 3 aromatic rings. The number of amides is 1. The van der Waals surface area contributed by atoms with Crippen molar-refractivity contribution in [2.45, 2.75) is 19.9 Å². The molecule has 2 N–H and O–H groups in total. The fourth-order valence-corrected chi connectivity index (χ4v) is 2.84. The van der Waals surface area contributed by atoms with Crippen LogP contribution in [0, 0.1) is 11.7 Å². The first-order valence-electron chi connectivity index (χ1n) is 6.92. The van der Waals surface area contributed by atoms with E-state index < -0.39 is 0 Å². The average Bonchev–Trinajstić information content (AvgIpc) is 3.15. The minimum atomic E-state index is -0.139. The number of H-pyrrole nitrogens is 1. The van der Waals surface area contributed by atoms with Crippen molar-refractivity contribution in [3.05, 3.63) is 40.1 Å². The molecule has 0 saturated carbocycles. The molecule has 0 spiro atoms. The number of aromatic nitrogens is 5. The van der Waals surface area contributed by atoms with Crippen molar-refractivity contribution in [3.8, 4) is 11.4 Å². The summed E-state index contributed by atoms with van der Waals surface area (Å²) in [6.45, 7) is 2.45. The number of benzene rings is 1. The molecular weight excluding hydrogens is 332 g/mol. The molecule has 0 fully saturated rings. The Morgan fingerprint density at radius 1 is 1.48 bits per heavy atom. The first kappa shape index (κ1) is 15.5. The summed E-state index contributed by atoms with van der Waals surface area (Å²) in [7, 11) is 0. The normalized spacial score (nSPS) is 10.7. The van der Waals surface area contributed by atoms with Gasteiger partial charge in [-0.1, -0.05) is 35.1 Å². The van der Waals surface area contributed by atoms with Crippen LogP contribution in [0.1, 0.15) is 12.0 Å². The number of hydrogen-bond acceptors (Lipinski definition) is 6. The van der Waals surface area contributed by atoms with E-state index in [1.54, 1.807) is 5.51 Å². The lowest BCUT2D eigenvalue weighted by Crippen LogP contribution is -2.15. The molecule has 3 rings (SSSR count). The van der Waals surface area contributed by atoms with E-state index in [-0.39, 0.29) is 12.3 Å². The van der Waals surface area contributed by atoms with Crippen LogP contribution in [-0.4, -0.2) is 30.9 Å². The van der Waals surface area contributed by atoms with Crippen molar-refractivity contribution in [3.63, 3.8) is 0 Å². The summed E-state index contributed by atoms with van der Waals surface area (Å²) in [6.07, 6.45) is 0.270. The maximum atomic E-state index is 12.0. The lowest BCUT2D eigenvalue weighted by Gasteiger charge is -2.07. The highest BCUT2D eigenvalue weighted by Crippen LogP contribution is 2.19. The molecule has 0 aliphatic carbocycles. The molecule has 23 heavy (non-hydrogen) atoms. The van der Waals surface area contributed by atoms with Crippen LogP contribution in [0.15, 0.2) is 29.8 Å². The van der Waals surface area contributed by atoms with Gasteiger partial charge in [0, 0.05) is 18.5 Å². The number of hydrogen-bond donors (Lipinski definition) is 2. The number of aryl methyl sites for hydroxylation is 1. The van der Waals surface area contributed by atoms with E-state index in [0.717, 1.165) is 17.0 Å². The van der Waals surface area contributed by atoms with Crippen LogP contribution in [0.3, 0.4) is 0 Å². The van der Waals surface area contributed by atoms with Crippen molar-refractivity contribution in [1.29, 1.82) is 0 Å². The lowest BCUT2D eigenvalue weighted by molar-refractivity contribution is -0.116. The summed E-state index contributed by atoms with van der Waals surface area (Å²) in [5, 5.41) is 17.7. The van der Waals surface area contributed by atoms with Crippen LogP contribution in [0.5, 0.6) is 0 Å². The Kier molecular flexibility index (Phi) is 4.58. The Labute approximate surface area is 141 Å². The molecule has 0 atom stereocenters. The zero-order valence-corrected chi connectivity index (χ0v) is 13.9. The van der Waals surface area contributed by atoms with E-state index in [0.29, 0.717) is 16.4 Å². The van der Waals surface area contributed by atoms with Crippen molar-refractivity contribution >= 4 is 34.6 Å². The van der Waals surface area contributed by atoms with E-state index in [2.05, 4.69) is 25.7 Å². The molecule has 7 nitrogen and oxygen atoms in total. The monoisotopic (exact) mass is 346 g/mol. The predicted octanol–water partition coefficient (Wildman–Crippen LogP) is 2.80. The van der Waals surface area contributed by atoms with Gasteiger partial charge in [0.15, 0.2) is 10.6 Å². The van der Waals surface area contributed by atoms with Crippen LogP contribution in [0.4, 0.5) is 5.13 Å². The molecule has 2 aromatic heterocycles. The van der Waals surface area contributed by atoms with Crippen molar-refractivity contribution in [2.24, 2.45) is 0 Å². The molecule has 0 saturated heterocycles. The molecule has 1 amide bonds. The van der Waals surface area contributed by atoms with Crippen molar-refractivity contribution < 1.29 is 4.79 Å². The number of anilines is 1. The first-order chi connectivity index (χ1) is 11.1. The van der Waals surface area contributed by atoms with Gasteiger partial charge in [0.25, 0.3) is 0 Å². The molecule has 9 heteroatoms. The fraction of sp³-hybridized carbons (Fsp3) is 0.214. The van der Waals surface area contributed by atoms with Crippen LogP contribution in [0.25, 0.3) is 11.4 Å². The maximum absolute atomic E-state index is 12.0. The Balaban J connectivity index is 1.74. The second-order valence-electron chi connectivity index (χ2n) is 4.92. The summed E-state index contributed by atoms with van der Waals surface area (Å²) in [4.78, 5) is 12.0. The van der Waals surface area contributed by atoms with Gasteiger partial charge in [-0.15, -0.1) is 10.2 Å². The van der Waals surface area contributed by atoms with E-state index in [1.807, 2.05) is 35.8 Å². The van der Waals surface area contributed by atoms with Crippen LogP contribution in [0.2, 0.25) is 0 Å². The highest BCUT2D eigenvalue weighted by Gasteiger charge is 2.11. The van der Waals surface area contributed by atoms with Gasteiger partial charge in [0.1, 0.15) is 5.51 Å². The Bertz CT molecular complexity index is 868. The number of nitrogens with zero attached hydrogens (tertiary/aromatic N) is 4. The number of carbonyl (C=O) groups excluding carboxylic acids is 1. The molecule has 118 valence electrons. The smallest absolute Gasteiger partial charge is 0.227 e. The molecule has 0 unspecified atom stereocenters. The van der Waals surface area contributed by atoms with Crippen LogP contribution >= 0.6 is 23.6 Å². The van der Waals surface area contributed by atoms with Gasteiger partial charge in [-0.3, -0.25) is 14.5 Å². The fourth-order valence-electron chi connectivity index (χ4n) is 2.15. The zero-order chi connectivity index (χ0) is 16.2. The van der Waals surface area contributed by atoms with Crippen LogP contribution < -0.4 is 5.32 Å². The first-order valence-corrected chi connectivity index (χ1v) is 8.20. The van der Waals surface area contributed by atoms with Crippen LogP contribution in [-0.2, 0) is 11.3 Å². The van der Waals surface area contributed by atoms with Gasteiger partial charge in [-0.25, -0.2) is 0 Å². The second-order valence-corrected chi connectivity index (χ2v) is 6.14. The molecule has 0 aliphatic rings. The molecule has 1 aromatic carbocycles. The summed E-state index contributed by atoms with van der Waals surface area (Å²) in [5.41, 5.74) is 3.66. The number of carbonyl (C=O) groups is 1. The number of rotatable bonds is 5. The highest BCUT2D eigenvalue weighted by atomic mass is 32.1. The Morgan fingerprint density at radius 3 is 3.09 bits per heavy atom. The maximum Gasteiger partial charge on any atom is 0.227 e. The minimum Gasteiger partial charge on any atom is -0.300 e. The third-order valence-corrected chi connectivity index (χ3v) is 4.12.